The van der Waals surface area contributed by atoms with Gasteiger partial charge < -0.3 is 4.74 Å². The van der Waals surface area contributed by atoms with Crippen LogP contribution >= 0.6 is 15.9 Å². The molecule has 1 aromatic carbocycles. The molecule has 0 bridgehead atoms. The molecule has 0 unspecified atom stereocenters. The Kier molecular flexibility index (Phi) is 9.47. The van der Waals surface area contributed by atoms with Crippen molar-refractivity contribution in [2.75, 3.05) is 6.61 Å². The largest absolute Gasteiger partial charge is 0.457 e. The summed E-state index contributed by atoms with van der Waals surface area (Å²) < 4.78 is 5.91. The third-order valence-corrected chi connectivity index (χ3v) is 3.72. The third kappa shape index (κ3) is 8.13. The van der Waals surface area contributed by atoms with Crippen molar-refractivity contribution in [3.05, 3.63) is 46.5 Å². The summed E-state index contributed by atoms with van der Waals surface area (Å²) >= 11 is 3.31. The maximum absolute atomic E-state index is 11.8. The summed E-state index contributed by atoms with van der Waals surface area (Å²) in [6.07, 6.45) is 9.81. The Morgan fingerprint density at radius 3 is 2.45 bits per heavy atom. The number of hydrogen-bond acceptors (Lipinski definition) is 3. The highest BCUT2D eigenvalue weighted by atomic mass is 79.9. The first-order valence-electron chi connectivity index (χ1n) is 7.73. The maximum Gasteiger partial charge on any atom is 0.306 e. The number of hydrogen-bond donors (Lipinski definition) is 0. The van der Waals surface area contributed by atoms with Crippen molar-refractivity contribution >= 4 is 27.7 Å². The van der Waals surface area contributed by atoms with Gasteiger partial charge in [-0.1, -0.05) is 60.0 Å². The highest BCUT2D eigenvalue weighted by Gasteiger charge is 2.09. The van der Waals surface area contributed by atoms with Crippen LogP contribution in [0.2, 0.25) is 0 Å². The van der Waals surface area contributed by atoms with E-state index in [2.05, 4.69) is 28.9 Å². The van der Waals surface area contributed by atoms with Crippen molar-refractivity contribution in [1.82, 2.24) is 0 Å². The number of allylic oxidation sites excluding steroid dienone is 2. The van der Waals surface area contributed by atoms with E-state index < -0.39 is 0 Å². The van der Waals surface area contributed by atoms with Gasteiger partial charge in [0.05, 0.1) is 0 Å². The zero-order chi connectivity index (χ0) is 16.2. The lowest BCUT2D eigenvalue weighted by atomic mass is 10.1. The number of unbranched alkanes of at least 4 members (excludes halogenated alkanes) is 3. The normalized spacial score (nSPS) is 10.8. The van der Waals surface area contributed by atoms with E-state index in [-0.39, 0.29) is 18.4 Å². The molecule has 0 aliphatic heterocycles. The number of esters is 1. The molecule has 0 aliphatic rings. The highest BCUT2D eigenvalue weighted by molar-refractivity contribution is 9.10. The lowest BCUT2D eigenvalue weighted by Crippen LogP contribution is -2.13. The van der Waals surface area contributed by atoms with Crippen LogP contribution in [-0.4, -0.2) is 18.4 Å². The van der Waals surface area contributed by atoms with Gasteiger partial charge in [0.1, 0.15) is 0 Å². The van der Waals surface area contributed by atoms with Crippen molar-refractivity contribution in [1.29, 1.82) is 0 Å². The Balaban J connectivity index is 2.17. The molecule has 0 fully saturated rings. The molecular weight excluding hydrogens is 344 g/mol. The first-order valence-corrected chi connectivity index (χ1v) is 8.52. The van der Waals surface area contributed by atoms with Gasteiger partial charge in [0.2, 0.25) is 0 Å². The van der Waals surface area contributed by atoms with Crippen LogP contribution in [0.15, 0.2) is 40.9 Å². The molecular formula is C18H23BrO3. The van der Waals surface area contributed by atoms with Crippen molar-refractivity contribution < 1.29 is 14.3 Å². The second kappa shape index (κ2) is 11.2. The van der Waals surface area contributed by atoms with Gasteiger partial charge >= 0.3 is 5.97 Å². The van der Waals surface area contributed by atoms with E-state index in [1.165, 1.54) is 19.3 Å². The molecule has 3 nitrogen and oxygen atoms in total. The van der Waals surface area contributed by atoms with Crippen LogP contribution in [0.5, 0.6) is 0 Å². The minimum absolute atomic E-state index is 0.184. The predicted molar refractivity (Wildman–Crippen MR) is 91.9 cm³/mol. The van der Waals surface area contributed by atoms with Gasteiger partial charge in [0.25, 0.3) is 0 Å². The molecule has 0 radical (unpaired) electrons. The van der Waals surface area contributed by atoms with Gasteiger partial charge in [-0.15, -0.1) is 0 Å². The average molecular weight is 367 g/mol. The molecule has 0 spiro atoms. The number of ketones is 1. The van der Waals surface area contributed by atoms with Gasteiger partial charge in [-0.2, -0.15) is 0 Å². The van der Waals surface area contributed by atoms with E-state index in [9.17, 15) is 9.59 Å². The Morgan fingerprint density at radius 1 is 1.09 bits per heavy atom. The Labute approximate surface area is 140 Å². The maximum atomic E-state index is 11.8. The Morgan fingerprint density at radius 2 is 1.77 bits per heavy atom. The molecule has 0 atom stereocenters. The predicted octanol–water partition coefficient (Wildman–Crippen LogP) is 5.09. The zero-order valence-electron chi connectivity index (χ0n) is 13.0. The van der Waals surface area contributed by atoms with E-state index >= 15 is 0 Å². The summed E-state index contributed by atoms with van der Waals surface area (Å²) in [4.78, 5) is 23.4. The molecule has 0 saturated heterocycles. The van der Waals surface area contributed by atoms with E-state index in [0.29, 0.717) is 18.4 Å². The van der Waals surface area contributed by atoms with Crippen LogP contribution in [0, 0.1) is 0 Å². The molecule has 0 N–H and O–H groups in total. The van der Waals surface area contributed by atoms with E-state index in [4.69, 9.17) is 4.74 Å². The number of halogens is 1. The van der Waals surface area contributed by atoms with E-state index in [0.717, 1.165) is 10.9 Å². The average Bonchev–Trinajstić information content (AvgIpc) is 2.52. The second-order valence-corrected chi connectivity index (χ2v) is 6.01. The van der Waals surface area contributed by atoms with Crippen LogP contribution < -0.4 is 0 Å². The number of rotatable bonds is 10. The van der Waals surface area contributed by atoms with E-state index in [1.54, 1.807) is 24.3 Å². The second-order valence-electron chi connectivity index (χ2n) is 5.10. The monoisotopic (exact) mass is 366 g/mol. The standard InChI is InChI=1S/C18H23BrO3/c1-2-3-4-5-6-7-8-9-18(21)22-14-17(20)15-10-12-16(19)13-11-15/h6-7,10-13H,2-5,8-9,14H2,1H3. The van der Waals surface area contributed by atoms with Gasteiger partial charge in [0.15, 0.2) is 12.4 Å². The SMILES string of the molecule is CCCCCC=CCCC(=O)OCC(=O)c1ccc(Br)cc1. The third-order valence-electron chi connectivity index (χ3n) is 3.19. The summed E-state index contributed by atoms with van der Waals surface area (Å²) in [5.41, 5.74) is 0.548. The molecule has 0 aromatic heterocycles. The van der Waals surface area contributed by atoms with E-state index in [1.807, 2.05) is 6.08 Å². The molecule has 4 heteroatoms. The topological polar surface area (TPSA) is 43.4 Å². The number of carbonyl (C=O) groups excluding carboxylic acids is 2. The quantitative estimate of drug-likeness (QED) is 0.250. The summed E-state index contributed by atoms with van der Waals surface area (Å²) in [5, 5.41) is 0. The first-order chi connectivity index (χ1) is 10.6. The molecule has 0 saturated carbocycles. The summed E-state index contributed by atoms with van der Waals surface area (Å²) in [5.74, 6) is -0.514. The molecule has 120 valence electrons. The molecule has 1 aromatic rings. The van der Waals surface area contributed by atoms with Gasteiger partial charge in [0, 0.05) is 16.5 Å². The zero-order valence-corrected chi connectivity index (χ0v) is 14.6. The molecule has 22 heavy (non-hydrogen) atoms. The Bertz CT molecular complexity index is 492. The number of Topliss-reactive ketones (excluding diaryl/α,β-unsaturated/α-hetero) is 1. The summed E-state index contributed by atoms with van der Waals surface area (Å²) in [6, 6.07) is 7.00. The summed E-state index contributed by atoms with van der Waals surface area (Å²) in [6.45, 7) is 1.98. The number of carbonyl (C=O) groups is 2. The Hall–Kier alpha value is -1.42. The number of ether oxygens (including phenoxy) is 1. The lowest BCUT2D eigenvalue weighted by Gasteiger charge is -2.03. The fraction of sp³-hybridized carbons (Fsp3) is 0.444. The van der Waals surface area contributed by atoms with Crippen LogP contribution in [0.4, 0.5) is 0 Å². The summed E-state index contributed by atoms with van der Waals surface area (Å²) in [7, 11) is 0. The van der Waals surface area contributed by atoms with Crippen molar-refractivity contribution in [2.45, 2.75) is 45.4 Å². The smallest absolute Gasteiger partial charge is 0.306 e. The minimum atomic E-state index is -0.330. The molecule has 0 amide bonds. The van der Waals surface area contributed by atoms with Crippen molar-refractivity contribution in [2.24, 2.45) is 0 Å². The van der Waals surface area contributed by atoms with Crippen molar-refractivity contribution in [3.8, 4) is 0 Å². The van der Waals surface area contributed by atoms with Crippen molar-refractivity contribution in [3.63, 3.8) is 0 Å². The molecule has 0 heterocycles. The fourth-order valence-corrected chi connectivity index (χ4v) is 2.15. The van der Waals surface area contributed by atoms with Crippen LogP contribution in [0.1, 0.15) is 55.8 Å². The van der Waals surface area contributed by atoms with Gasteiger partial charge in [-0.05, 0) is 31.4 Å². The molecule has 0 aliphatic carbocycles. The first kappa shape index (κ1) is 18.6. The van der Waals surface area contributed by atoms with Crippen LogP contribution in [0.3, 0.4) is 0 Å². The highest BCUT2D eigenvalue weighted by Crippen LogP contribution is 2.11. The van der Waals surface area contributed by atoms with Crippen LogP contribution in [0.25, 0.3) is 0 Å². The molecule has 1 rings (SSSR count). The minimum Gasteiger partial charge on any atom is -0.457 e. The van der Waals surface area contributed by atoms with Crippen LogP contribution in [-0.2, 0) is 9.53 Å². The number of benzene rings is 1. The fourth-order valence-electron chi connectivity index (χ4n) is 1.89. The van der Waals surface area contributed by atoms with Gasteiger partial charge in [-0.3, -0.25) is 9.59 Å². The lowest BCUT2D eigenvalue weighted by molar-refractivity contribution is -0.142. The van der Waals surface area contributed by atoms with Gasteiger partial charge in [-0.25, -0.2) is 0 Å².